The summed E-state index contributed by atoms with van der Waals surface area (Å²) in [6.45, 7) is 0.929. The fraction of sp³-hybridized carbons (Fsp3) is 0.417. The second-order valence-electron chi connectivity index (χ2n) is 4.06. The molecule has 0 radical (unpaired) electrons. The smallest absolute Gasteiger partial charge is 0.189 e. The van der Waals surface area contributed by atoms with Crippen LogP contribution in [0.4, 0.5) is 0 Å². The first-order valence-corrected chi connectivity index (χ1v) is 5.58. The van der Waals surface area contributed by atoms with E-state index in [0.717, 1.165) is 6.61 Å². The Hall–Kier alpha value is -1.75. The number of nitrogens with two attached hydrogens (primary N) is 1. The summed E-state index contributed by atoms with van der Waals surface area (Å²) in [6.07, 6.45) is 2.50. The van der Waals surface area contributed by atoms with E-state index in [1.54, 1.807) is 18.2 Å². The maximum atomic E-state index is 8.64. The molecule has 3 N–H and O–H groups in total. The van der Waals surface area contributed by atoms with Crippen LogP contribution in [0.3, 0.4) is 0 Å². The molecule has 0 aliphatic heterocycles. The Morgan fingerprint density at radius 1 is 1.41 bits per heavy atom. The molecule has 1 aromatic rings. The van der Waals surface area contributed by atoms with E-state index in [0.29, 0.717) is 17.2 Å². The van der Waals surface area contributed by atoms with Crippen LogP contribution in [0.25, 0.3) is 0 Å². The Balaban J connectivity index is 1.89. The lowest BCUT2D eigenvalue weighted by molar-refractivity contribution is 0.00987. The highest BCUT2D eigenvalue weighted by Crippen LogP contribution is 2.28. The zero-order valence-electron chi connectivity index (χ0n) is 9.50. The van der Waals surface area contributed by atoms with E-state index in [-0.39, 0.29) is 12.6 Å². The number of ether oxygens (including phenoxy) is 2. The second-order valence-corrected chi connectivity index (χ2v) is 4.06. The van der Waals surface area contributed by atoms with Gasteiger partial charge in [-0.2, -0.15) is 0 Å². The summed E-state index contributed by atoms with van der Waals surface area (Å²) in [5, 5.41) is 11.6. The standard InChI is InChI=1S/C12H16N2O3/c13-12(14-15)10-3-1-2-4-11(10)17-8-16-7-9-5-6-9/h1-4,9,15H,5-8H2,(H2,13,14). The van der Waals surface area contributed by atoms with E-state index in [2.05, 4.69) is 5.16 Å². The predicted octanol–water partition coefficient (Wildman–Crippen LogP) is 1.54. The molecule has 1 fully saturated rings. The summed E-state index contributed by atoms with van der Waals surface area (Å²) in [5.74, 6) is 1.29. The normalized spacial score (nSPS) is 15.9. The van der Waals surface area contributed by atoms with Crippen molar-refractivity contribution in [1.82, 2.24) is 0 Å². The molecule has 0 aromatic heterocycles. The molecule has 1 aliphatic rings. The van der Waals surface area contributed by atoms with Crippen LogP contribution in [-0.2, 0) is 4.74 Å². The zero-order valence-corrected chi connectivity index (χ0v) is 9.50. The third-order valence-corrected chi connectivity index (χ3v) is 2.62. The molecule has 0 bridgehead atoms. The quantitative estimate of drug-likeness (QED) is 0.196. The summed E-state index contributed by atoms with van der Waals surface area (Å²) < 4.78 is 10.8. The molecular formula is C12H16N2O3. The molecular weight excluding hydrogens is 220 g/mol. The molecule has 1 saturated carbocycles. The van der Waals surface area contributed by atoms with Crippen molar-refractivity contribution in [3.05, 3.63) is 29.8 Å². The van der Waals surface area contributed by atoms with E-state index >= 15 is 0 Å². The number of benzene rings is 1. The van der Waals surface area contributed by atoms with Crippen molar-refractivity contribution in [3.8, 4) is 5.75 Å². The van der Waals surface area contributed by atoms with E-state index < -0.39 is 0 Å². The minimum absolute atomic E-state index is 0.0304. The van der Waals surface area contributed by atoms with Crippen LogP contribution in [-0.4, -0.2) is 24.4 Å². The molecule has 0 atom stereocenters. The summed E-state index contributed by atoms with van der Waals surface area (Å²) in [4.78, 5) is 0. The van der Waals surface area contributed by atoms with Crippen molar-refractivity contribution in [2.45, 2.75) is 12.8 Å². The first-order chi connectivity index (χ1) is 8.31. The molecule has 0 unspecified atom stereocenters. The highest BCUT2D eigenvalue weighted by atomic mass is 16.7. The van der Waals surface area contributed by atoms with Crippen molar-refractivity contribution in [3.63, 3.8) is 0 Å². The Kier molecular flexibility index (Phi) is 3.82. The van der Waals surface area contributed by atoms with Crippen LogP contribution < -0.4 is 10.5 Å². The average molecular weight is 236 g/mol. The van der Waals surface area contributed by atoms with E-state index in [4.69, 9.17) is 20.4 Å². The first kappa shape index (κ1) is 11.7. The highest BCUT2D eigenvalue weighted by molar-refractivity contribution is 5.99. The largest absolute Gasteiger partial charge is 0.467 e. The van der Waals surface area contributed by atoms with Crippen molar-refractivity contribution in [2.75, 3.05) is 13.4 Å². The van der Waals surface area contributed by atoms with Gasteiger partial charge in [-0.15, -0.1) is 0 Å². The molecule has 0 heterocycles. The first-order valence-electron chi connectivity index (χ1n) is 5.58. The van der Waals surface area contributed by atoms with Gasteiger partial charge in [0.2, 0.25) is 0 Å². The van der Waals surface area contributed by atoms with Gasteiger partial charge in [0, 0.05) is 0 Å². The van der Waals surface area contributed by atoms with Crippen LogP contribution in [0.1, 0.15) is 18.4 Å². The SMILES string of the molecule is N/C(=N/O)c1ccccc1OCOCC1CC1. The van der Waals surface area contributed by atoms with E-state index in [1.165, 1.54) is 12.8 Å². The molecule has 5 nitrogen and oxygen atoms in total. The van der Waals surface area contributed by atoms with Gasteiger partial charge in [-0.1, -0.05) is 17.3 Å². The summed E-state index contributed by atoms with van der Waals surface area (Å²) in [5.41, 5.74) is 6.10. The number of hydrogen-bond donors (Lipinski definition) is 2. The van der Waals surface area contributed by atoms with Crippen LogP contribution in [0.2, 0.25) is 0 Å². The predicted molar refractivity (Wildman–Crippen MR) is 63.1 cm³/mol. The van der Waals surface area contributed by atoms with Crippen LogP contribution >= 0.6 is 0 Å². The van der Waals surface area contributed by atoms with Crippen molar-refractivity contribution >= 4 is 5.84 Å². The highest BCUT2D eigenvalue weighted by Gasteiger charge is 2.21. The lowest BCUT2D eigenvalue weighted by Gasteiger charge is -2.10. The van der Waals surface area contributed by atoms with Gasteiger partial charge in [0.1, 0.15) is 5.75 Å². The van der Waals surface area contributed by atoms with Gasteiger partial charge in [0.15, 0.2) is 12.6 Å². The Morgan fingerprint density at radius 3 is 2.88 bits per heavy atom. The molecule has 92 valence electrons. The molecule has 1 aromatic carbocycles. The maximum Gasteiger partial charge on any atom is 0.189 e. The minimum Gasteiger partial charge on any atom is -0.467 e. The number of amidine groups is 1. The molecule has 1 aliphatic carbocycles. The minimum atomic E-state index is 0.0304. The number of nitrogens with zero attached hydrogens (tertiary/aromatic N) is 1. The summed E-state index contributed by atoms with van der Waals surface area (Å²) in [7, 11) is 0. The van der Waals surface area contributed by atoms with Crippen molar-refractivity contribution in [2.24, 2.45) is 16.8 Å². The average Bonchev–Trinajstić information content (AvgIpc) is 3.18. The van der Waals surface area contributed by atoms with Crippen LogP contribution in [0, 0.1) is 5.92 Å². The van der Waals surface area contributed by atoms with Gasteiger partial charge in [-0.05, 0) is 30.9 Å². The molecule has 0 amide bonds. The van der Waals surface area contributed by atoms with Crippen LogP contribution in [0.15, 0.2) is 29.4 Å². The lowest BCUT2D eigenvalue weighted by atomic mass is 10.2. The van der Waals surface area contributed by atoms with E-state index in [9.17, 15) is 0 Å². The number of hydrogen-bond acceptors (Lipinski definition) is 4. The van der Waals surface area contributed by atoms with Crippen LogP contribution in [0.5, 0.6) is 5.75 Å². The zero-order chi connectivity index (χ0) is 12.1. The van der Waals surface area contributed by atoms with Crippen molar-refractivity contribution in [1.29, 1.82) is 0 Å². The van der Waals surface area contributed by atoms with Crippen molar-refractivity contribution < 1.29 is 14.7 Å². The monoisotopic (exact) mass is 236 g/mol. The molecule has 17 heavy (non-hydrogen) atoms. The lowest BCUT2D eigenvalue weighted by Crippen LogP contribution is -2.15. The number of oxime groups is 1. The van der Waals surface area contributed by atoms with Gasteiger partial charge in [0.05, 0.1) is 12.2 Å². The number of para-hydroxylation sites is 1. The van der Waals surface area contributed by atoms with Gasteiger partial charge < -0.3 is 20.4 Å². The summed E-state index contributed by atoms with van der Waals surface area (Å²) >= 11 is 0. The molecule has 0 saturated heterocycles. The van der Waals surface area contributed by atoms with Gasteiger partial charge in [-0.3, -0.25) is 0 Å². The fourth-order valence-corrected chi connectivity index (χ4v) is 1.46. The fourth-order valence-electron chi connectivity index (χ4n) is 1.46. The van der Waals surface area contributed by atoms with Gasteiger partial charge in [0.25, 0.3) is 0 Å². The maximum absolute atomic E-state index is 8.64. The van der Waals surface area contributed by atoms with E-state index in [1.807, 2.05) is 6.07 Å². The Bertz CT molecular complexity index is 402. The second kappa shape index (κ2) is 5.54. The number of rotatable bonds is 6. The van der Waals surface area contributed by atoms with Gasteiger partial charge in [-0.25, -0.2) is 0 Å². The topological polar surface area (TPSA) is 77.1 Å². The molecule has 5 heteroatoms. The molecule has 2 rings (SSSR count). The molecule has 0 spiro atoms. The van der Waals surface area contributed by atoms with Gasteiger partial charge >= 0.3 is 0 Å². The Labute approximate surface area is 99.8 Å². The Morgan fingerprint density at radius 2 is 2.18 bits per heavy atom. The third-order valence-electron chi connectivity index (χ3n) is 2.62. The summed E-state index contributed by atoms with van der Waals surface area (Å²) in [6, 6.07) is 7.11. The third kappa shape index (κ3) is 3.35.